The van der Waals surface area contributed by atoms with Crippen molar-refractivity contribution in [3.63, 3.8) is 0 Å². The number of hydrogen-bond acceptors (Lipinski definition) is 6. The molecule has 0 saturated heterocycles. The molecule has 0 atom stereocenters. The number of anilines is 1. The van der Waals surface area contributed by atoms with Crippen LogP contribution in [0.15, 0.2) is 51.4 Å². The summed E-state index contributed by atoms with van der Waals surface area (Å²) in [5.74, 6) is 0.152. The predicted molar refractivity (Wildman–Crippen MR) is 144 cm³/mol. The van der Waals surface area contributed by atoms with E-state index in [0.29, 0.717) is 27.7 Å². The number of aromatic nitrogens is 2. The van der Waals surface area contributed by atoms with Gasteiger partial charge in [0.05, 0.1) is 16.8 Å². The van der Waals surface area contributed by atoms with Gasteiger partial charge in [-0.25, -0.2) is 9.78 Å². The van der Waals surface area contributed by atoms with Crippen molar-refractivity contribution in [2.24, 2.45) is 0 Å². The molecule has 208 valence electrons. The number of alkyl halides is 3. The van der Waals surface area contributed by atoms with Crippen molar-refractivity contribution in [1.29, 1.82) is 0 Å². The Morgan fingerprint density at radius 3 is 2.59 bits per heavy atom. The number of para-hydroxylation sites is 1. The highest BCUT2D eigenvalue weighted by molar-refractivity contribution is 9.10. The molecule has 1 N–H and O–H groups in total. The zero-order valence-corrected chi connectivity index (χ0v) is 23.8. The lowest BCUT2D eigenvalue weighted by Gasteiger charge is -2.13. The number of ether oxygens (including phenoxy) is 1. The third kappa shape index (κ3) is 5.80. The smallest absolute Gasteiger partial charge is 0.461 e. The van der Waals surface area contributed by atoms with Gasteiger partial charge in [0.1, 0.15) is 11.4 Å². The van der Waals surface area contributed by atoms with Gasteiger partial charge in [0.25, 0.3) is 0 Å². The van der Waals surface area contributed by atoms with Crippen LogP contribution in [0.2, 0.25) is 5.15 Å². The summed E-state index contributed by atoms with van der Waals surface area (Å²) in [5.41, 5.74) is -4.40. The molecule has 8 nitrogen and oxygen atoms in total. The number of carbonyl (C=O) groups is 1. The summed E-state index contributed by atoms with van der Waals surface area (Å²) >= 11 is 9.74. The summed E-state index contributed by atoms with van der Waals surface area (Å²) in [6, 6.07) is 10.8. The molecule has 39 heavy (non-hydrogen) atoms. The average Bonchev–Trinajstić information content (AvgIpc) is 3.34. The lowest BCUT2D eigenvalue weighted by atomic mass is 10.1. The lowest BCUT2D eigenvalue weighted by Crippen LogP contribution is -2.30. The average molecular weight is 649 g/mol. The highest BCUT2D eigenvalue weighted by Crippen LogP contribution is 2.42. The third-order valence-electron chi connectivity index (χ3n) is 5.70. The number of fused-ring (bicyclic) bond motifs is 1. The Kier molecular flexibility index (Phi) is 8.33. The molecule has 0 fully saturated rings. The minimum atomic E-state index is -5.65. The first-order valence-corrected chi connectivity index (χ1v) is 14.3. The minimum absolute atomic E-state index is 0.0441. The van der Waals surface area contributed by atoms with Gasteiger partial charge < -0.3 is 13.7 Å². The first kappa shape index (κ1) is 29.0. The van der Waals surface area contributed by atoms with E-state index in [1.807, 2.05) is 6.92 Å². The lowest BCUT2D eigenvalue weighted by molar-refractivity contribution is -0.0429. The van der Waals surface area contributed by atoms with Crippen molar-refractivity contribution in [3.8, 4) is 11.3 Å². The summed E-state index contributed by atoms with van der Waals surface area (Å²) in [4.78, 5) is 16.9. The second kappa shape index (κ2) is 11.2. The molecule has 4 rings (SSSR count). The Labute approximate surface area is 235 Å². The van der Waals surface area contributed by atoms with E-state index in [1.165, 1.54) is 18.2 Å². The molecule has 2 aromatic carbocycles. The number of imidazole rings is 1. The molecule has 0 amide bonds. The SMILES string of the molecule is CCCc1nc(Cl)c(C(=O)OCC)n1Cc1ccc2oc(-c3ccccc3NS(=O)(=O)C(F)(F)F)c(Br)c2c1. The zero-order valence-electron chi connectivity index (χ0n) is 20.6. The summed E-state index contributed by atoms with van der Waals surface area (Å²) in [7, 11) is -5.65. The number of aryl methyl sites for hydroxylation is 1. The summed E-state index contributed by atoms with van der Waals surface area (Å²) in [6.45, 7) is 4.06. The number of benzene rings is 2. The standard InChI is InChI=1S/C25H22BrClF3N3O5S/c1-3-7-19-31-23(27)21(24(34)37-4-2)33(19)13-14-10-11-18-16(12-14)20(26)22(38-18)15-8-5-6-9-17(15)32-39(35,36)25(28,29)30/h5-6,8-12,32H,3-4,7,13H2,1-2H3. The first-order valence-electron chi connectivity index (χ1n) is 11.7. The molecule has 2 aromatic heterocycles. The van der Waals surface area contributed by atoms with Gasteiger partial charge in [-0.15, -0.1) is 0 Å². The Morgan fingerprint density at radius 2 is 1.92 bits per heavy atom. The van der Waals surface area contributed by atoms with E-state index in [2.05, 4.69) is 20.9 Å². The summed E-state index contributed by atoms with van der Waals surface area (Å²) < 4.78 is 77.2. The number of halogens is 5. The third-order valence-corrected chi connectivity index (χ3v) is 7.85. The van der Waals surface area contributed by atoms with Crippen LogP contribution < -0.4 is 4.72 Å². The zero-order chi connectivity index (χ0) is 28.5. The van der Waals surface area contributed by atoms with E-state index in [0.717, 1.165) is 12.0 Å². The van der Waals surface area contributed by atoms with Crippen LogP contribution in [-0.2, 0) is 27.7 Å². The van der Waals surface area contributed by atoms with Crippen molar-refractivity contribution in [3.05, 3.63) is 69.2 Å². The fourth-order valence-corrected chi connectivity index (χ4v) is 5.45. The molecule has 4 aromatic rings. The van der Waals surface area contributed by atoms with E-state index in [1.54, 1.807) is 40.5 Å². The predicted octanol–water partition coefficient (Wildman–Crippen LogP) is 7.15. The number of furan rings is 1. The van der Waals surface area contributed by atoms with Crippen LogP contribution in [0.5, 0.6) is 0 Å². The van der Waals surface area contributed by atoms with Crippen LogP contribution >= 0.6 is 27.5 Å². The minimum Gasteiger partial charge on any atom is -0.461 e. The monoisotopic (exact) mass is 647 g/mol. The van der Waals surface area contributed by atoms with Gasteiger partial charge in [0, 0.05) is 23.9 Å². The Morgan fingerprint density at radius 1 is 1.21 bits per heavy atom. The molecule has 0 spiro atoms. The number of nitrogens with zero attached hydrogens (tertiary/aromatic N) is 2. The highest BCUT2D eigenvalue weighted by Gasteiger charge is 2.46. The molecule has 0 bridgehead atoms. The Bertz CT molecular complexity index is 1650. The van der Waals surface area contributed by atoms with Gasteiger partial charge in [-0.1, -0.05) is 36.7 Å². The second-order valence-corrected chi connectivity index (χ2v) is 11.2. The number of nitrogens with one attached hydrogen (secondary N) is 1. The number of sulfonamides is 1. The number of carbonyl (C=O) groups excluding carboxylic acids is 1. The van der Waals surface area contributed by atoms with Crippen LogP contribution in [0.1, 0.15) is 42.1 Å². The van der Waals surface area contributed by atoms with Gasteiger partial charge in [-0.05, 0) is 59.1 Å². The fraction of sp³-hybridized carbons (Fsp3) is 0.280. The second-order valence-electron chi connectivity index (χ2n) is 8.40. The van der Waals surface area contributed by atoms with Crippen LogP contribution in [0.25, 0.3) is 22.3 Å². The molecule has 2 heterocycles. The van der Waals surface area contributed by atoms with Crippen molar-refractivity contribution < 1.29 is 35.5 Å². The van der Waals surface area contributed by atoms with Gasteiger partial charge in [-0.2, -0.15) is 21.6 Å². The van der Waals surface area contributed by atoms with E-state index < -0.39 is 21.5 Å². The quantitative estimate of drug-likeness (QED) is 0.193. The topological polar surface area (TPSA) is 103 Å². The molecular weight excluding hydrogens is 627 g/mol. The Balaban J connectivity index is 1.76. The number of hydrogen-bond donors (Lipinski definition) is 1. The van der Waals surface area contributed by atoms with Crippen molar-refractivity contribution in [1.82, 2.24) is 9.55 Å². The number of esters is 1. The van der Waals surface area contributed by atoms with Gasteiger partial charge in [0.15, 0.2) is 16.6 Å². The highest BCUT2D eigenvalue weighted by atomic mass is 79.9. The van der Waals surface area contributed by atoms with Gasteiger partial charge in [-0.3, -0.25) is 4.72 Å². The van der Waals surface area contributed by atoms with Crippen molar-refractivity contribution in [2.45, 2.75) is 38.7 Å². The van der Waals surface area contributed by atoms with Gasteiger partial charge in [0.2, 0.25) is 0 Å². The molecule has 0 aliphatic heterocycles. The van der Waals surface area contributed by atoms with Crippen molar-refractivity contribution >= 4 is 60.2 Å². The summed E-state index contributed by atoms with van der Waals surface area (Å²) in [6.07, 6.45) is 1.34. The van der Waals surface area contributed by atoms with Crippen LogP contribution in [-0.4, -0.2) is 36.1 Å². The molecule has 0 aliphatic carbocycles. The maximum Gasteiger partial charge on any atom is 0.516 e. The van der Waals surface area contributed by atoms with Crippen LogP contribution in [0.4, 0.5) is 18.9 Å². The maximum atomic E-state index is 13.0. The van der Waals surface area contributed by atoms with Gasteiger partial charge >= 0.3 is 21.5 Å². The number of rotatable bonds is 9. The van der Waals surface area contributed by atoms with Crippen LogP contribution in [0, 0.1) is 0 Å². The fourth-order valence-electron chi connectivity index (χ4n) is 3.99. The first-order chi connectivity index (χ1) is 18.4. The molecule has 0 radical (unpaired) electrons. The Hall–Kier alpha value is -3.03. The van der Waals surface area contributed by atoms with E-state index in [-0.39, 0.29) is 41.0 Å². The molecule has 0 unspecified atom stereocenters. The van der Waals surface area contributed by atoms with Crippen molar-refractivity contribution in [2.75, 3.05) is 11.3 Å². The molecule has 0 aliphatic rings. The normalized spacial score (nSPS) is 12.2. The molecule has 0 saturated carbocycles. The van der Waals surface area contributed by atoms with E-state index in [4.69, 9.17) is 20.8 Å². The van der Waals surface area contributed by atoms with E-state index >= 15 is 0 Å². The molecular formula is C25H22BrClF3N3O5S. The molecule has 14 heteroatoms. The largest absolute Gasteiger partial charge is 0.516 e. The van der Waals surface area contributed by atoms with E-state index in [9.17, 15) is 26.4 Å². The van der Waals surface area contributed by atoms with Crippen LogP contribution in [0.3, 0.4) is 0 Å². The summed E-state index contributed by atoms with van der Waals surface area (Å²) in [5, 5.41) is 0.625. The maximum absolute atomic E-state index is 13.0.